The quantitative estimate of drug-likeness (QED) is 0.897. The molecule has 4 nitrogen and oxygen atoms in total. The van der Waals surface area contributed by atoms with Gasteiger partial charge in [0, 0.05) is 28.6 Å². The summed E-state index contributed by atoms with van der Waals surface area (Å²) in [5.41, 5.74) is 0.733. The number of aliphatic hydroxyl groups excluding tert-OH is 1. The summed E-state index contributed by atoms with van der Waals surface area (Å²) in [6.07, 6.45) is 1.72. The Morgan fingerprint density at radius 1 is 1.69 bits per heavy atom. The van der Waals surface area contributed by atoms with E-state index in [1.165, 1.54) is 15.7 Å². The molecule has 0 aliphatic carbocycles. The van der Waals surface area contributed by atoms with Crippen LogP contribution in [-0.4, -0.2) is 26.3 Å². The minimum atomic E-state index is -0.0431. The standard InChI is InChI=1S/C10H12N2O2S2/c1-7(5-13)16-6-8-4-9(14)12-2-3-15-10(12)11-8/h2-4,7,13H,5-6H2,1H3. The van der Waals surface area contributed by atoms with E-state index in [4.69, 9.17) is 5.11 Å². The van der Waals surface area contributed by atoms with Gasteiger partial charge >= 0.3 is 0 Å². The van der Waals surface area contributed by atoms with Crippen LogP contribution >= 0.6 is 23.1 Å². The first-order valence-corrected chi connectivity index (χ1v) is 6.82. The zero-order valence-electron chi connectivity index (χ0n) is 8.79. The molecule has 0 fully saturated rings. The summed E-state index contributed by atoms with van der Waals surface area (Å²) in [5, 5.41) is 10.9. The largest absolute Gasteiger partial charge is 0.395 e. The molecule has 0 amide bonds. The second-order valence-corrected chi connectivity index (χ2v) is 5.75. The van der Waals surface area contributed by atoms with Crippen LogP contribution in [0.25, 0.3) is 4.96 Å². The molecule has 0 saturated carbocycles. The maximum atomic E-state index is 11.6. The van der Waals surface area contributed by atoms with Gasteiger partial charge in [-0.1, -0.05) is 6.92 Å². The number of fused-ring (bicyclic) bond motifs is 1. The Bertz CT molecular complexity index is 535. The summed E-state index contributed by atoms with van der Waals surface area (Å²) in [6, 6.07) is 1.55. The van der Waals surface area contributed by atoms with Crippen molar-refractivity contribution >= 4 is 28.1 Å². The monoisotopic (exact) mass is 256 g/mol. The maximum Gasteiger partial charge on any atom is 0.258 e. The molecule has 2 aromatic rings. The van der Waals surface area contributed by atoms with Crippen molar-refractivity contribution in [3.8, 4) is 0 Å². The number of nitrogens with zero attached hydrogens (tertiary/aromatic N) is 2. The second kappa shape index (κ2) is 4.99. The van der Waals surface area contributed by atoms with Crippen LogP contribution in [0, 0.1) is 0 Å². The van der Waals surface area contributed by atoms with Crippen LogP contribution < -0.4 is 5.56 Å². The lowest BCUT2D eigenvalue weighted by Crippen LogP contribution is -2.13. The zero-order valence-corrected chi connectivity index (χ0v) is 10.4. The molecule has 1 atom stereocenters. The summed E-state index contributed by atoms with van der Waals surface area (Å²) >= 11 is 3.04. The first-order valence-electron chi connectivity index (χ1n) is 4.89. The van der Waals surface area contributed by atoms with E-state index >= 15 is 0 Å². The van der Waals surface area contributed by atoms with Crippen LogP contribution in [0.5, 0.6) is 0 Å². The van der Waals surface area contributed by atoms with Crippen molar-refractivity contribution < 1.29 is 5.11 Å². The summed E-state index contributed by atoms with van der Waals surface area (Å²) in [5.74, 6) is 0.658. The number of thiazole rings is 1. The third kappa shape index (κ3) is 2.45. The molecule has 6 heteroatoms. The van der Waals surface area contributed by atoms with E-state index in [9.17, 15) is 4.79 Å². The molecule has 2 rings (SSSR count). The summed E-state index contributed by atoms with van der Waals surface area (Å²) in [6.45, 7) is 2.09. The van der Waals surface area contributed by atoms with Gasteiger partial charge in [-0.05, 0) is 0 Å². The van der Waals surface area contributed by atoms with Gasteiger partial charge in [-0.3, -0.25) is 9.20 Å². The Morgan fingerprint density at radius 2 is 2.50 bits per heavy atom. The Labute approximate surface area is 101 Å². The molecule has 0 radical (unpaired) electrons. The van der Waals surface area contributed by atoms with Crippen LogP contribution in [0.3, 0.4) is 0 Å². The second-order valence-electron chi connectivity index (χ2n) is 3.45. The third-order valence-corrected chi connectivity index (χ3v) is 4.07. The number of aliphatic hydroxyl groups is 1. The van der Waals surface area contributed by atoms with Gasteiger partial charge in [-0.2, -0.15) is 11.8 Å². The highest BCUT2D eigenvalue weighted by Gasteiger charge is 2.05. The molecule has 86 valence electrons. The molecule has 0 spiro atoms. The third-order valence-electron chi connectivity index (χ3n) is 2.13. The van der Waals surface area contributed by atoms with Crippen molar-refractivity contribution in [2.45, 2.75) is 17.9 Å². The predicted octanol–water partition coefficient (Wildman–Crippen LogP) is 1.37. The molecule has 0 aliphatic heterocycles. The SMILES string of the molecule is CC(CO)SCc1cc(=O)n2ccsc2n1. The number of hydrogen-bond donors (Lipinski definition) is 1. The molecule has 0 saturated heterocycles. The van der Waals surface area contributed by atoms with Gasteiger partial charge in [0.15, 0.2) is 4.96 Å². The van der Waals surface area contributed by atoms with E-state index in [1.807, 2.05) is 12.3 Å². The topological polar surface area (TPSA) is 54.6 Å². The smallest absolute Gasteiger partial charge is 0.258 e. The molecule has 1 unspecified atom stereocenters. The molecular weight excluding hydrogens is 244 g/mol. The van der Waals surface area contributed by atoms with Crippen LogP contribution in [0.15, 0.2) is 22.4 Å². The average Bonchev–Trinajstić information content (AvgIpc) is 2.74. The fourth-order valence-corrected chi connectivity index (χ4v) is 2.69. The Balaban J connectivity index is 2.22. The van der Waals surface area contributed by atoms with Crippen molar-refractivity contribution in [1.29, 1.82) is 0 Å². The van der Waals surface area contributed by atoms with Gasteiger partial charge in [0.2, 0.25) is 0 Å². The minimum absolute atomic E-state index is 0.0431. The molecule has 0 aromatic carbocycles. The van der Waals surface area contributed by atoms with Gasteiger partial charge in [0.1, 0.15) is 0 Å². The van der Waals surface area contributed by atoms with E-state index in [-0.39, 0.29) is 17.4 Å². The summed E-state index contributed by atoms with van der Waals surface area (Å²) < 4.78 is 1.54. The van der Waals surface area contributed by atoms with Gasteiger partial charge in [-0.15, -0.1) is 11.3 Å². The van der Waals surface area contributed by atoms with Crippen LogP contribution in [0.2, 0.25) is 0 Å². The highest BCUT2D eigenvalue weighted by molar-refractivity contribution is 7.99. The van der Waals surface area contributed by atoms with E-state index in [2.05, 4.69) is 4.98 Å². The van der Waals surface area contributed by atoms with Crippen molar-refractivity contribution in [3.05, 3.63) is 33.7 Å². The predicted molar refractivity (Wildman–Crippen MR) is 67.2 cm³/mol. The summed E-state index contributed by atoms with van der Waals surface area (Å²) in [4.78, 5) is 16.7. The molecule has 16 heavy (non-hydrogen) atoms. The Hall–Kier alpha value is -0.850. The van der Waals surface area contributed by atoms with E-state index in [0.29, 0.717) is 5.75 Å². The molecule has 0 bridgehead atoms. The average molecular weight is 256 g/mol. The van der Waals surface area contributed by atoms with Crippen molar-refractivity contribution in [1.82, 2.24) is 9.38 Å². The highest BCUT2D eigenvalue weighted by Crippen LogP contribution is 2.16. The van der Waals surface area contributed by atoms with Crippen molar-refractivity contribution in [2.75, 3.05) is 6.61 Å². The Kier molecular flexibility index (Phi) is 3.63. The van der Waals surface area contributed by atoms with Crippen LogP contribution in [0.1, 0.15) is 12.6 Å². The lowest BCUT2D eigenvalue weighted by Gasteiger charge is -2.06. The fraction of sp³-hybridized carbons (Fsp3) is 0.400. The maximum absolute atomic E-state index is 11.6. The number of thioether (sulfide) groups is 1. The fourth-order valence-electron chi connectivity index (χ4n) is 1.24. The molecule has 1 N–H and O–H groups in total. The molecular formula is C10H12N2O2S2. The number of rotatable bonds is 4. The first kappa shape index (κ1) is 11.6. The van der Waals surface area contributed by atoms with Crippen LogP contribution in [0.4, 0.5) is 0 Å². The normalized spacial score (nSPS) is 13.1. The van der Waals surface area contributed by atoms with Gasteiger partial charge in [0.25, 0.3) is 5.56 Å². The molecule has 2 heterocycles. The van der Waals surface area contributed by atoms with Crippen molar-refractivity contribution in [3.63, 3.8) is 0 Å². The highest BCUT2D eigenvalue weighted by atomic mass is 32.2. The molecule has 2 aromatic heterocycles. The van der Waals surface area contributed by atoms with Gasteiger partial charge in [0.05, 0.1) is 12.3 Å². The van der Waals surface area contributed by atoms with Gasteiger partial charge < -0.3 is 5.11 Å². The summed E-state index contributed by atoms with van der Waals surface area (Å²) in [7, 11) is 0. The van der Waals surface area contributed by atoms with Gasteiger partial charge in [-0.25, -0.2) is 4.98 Å². The van der Waals surface area contributed by atoms with Crippen LogP contribution in [-0.2, 0) is 5.75 Å². The number of aromatic nitrogens is 2. The zero-order chi connectivity index (χ0) is 11.5. The van der Waals surface area contributed by atoms with E-state index in [0.717, 1.165) is 10.7 Å². The lowest BCUT2D eigenvalue weighted by atomic mass is 10.4. The molecule has 0 aliphatic rings. The first-order chi connectivity index (χ1) is 7.70. The number of hydrogen-bond acceptors (Lipinski definition) is 5. The Morgan fingerprint density at radius 3 is 3.25 bits per heavy atom. The van der Waals surface area contributed by atoms with E-state index in [1.54, 1.807) is 24.0 Å². The van der Waals surface area contributed by atoms with E-state index < -0.39 is 0 Å². The minimum Gasteiger partial charge on any atom is -0.395 e. The van der Waals surface area contributed by atoms with Crippen molar-refractivity contribution in [2.24, 2.45) is 0 Å². The lowest BCUT2D eigenvalue weighted by molar-refractivity contribution is 0.300.